The molecule has 1 unspecified atom stereocenters. The van der Waals surface area contributed by atoms with Crippen molar-refractivity contribution >= 4 is 28.8 Å². The molecule has 1 aromatic heterocycles. The number of alkyl halides is 3. The van der Waals surface area contributed by atoms with Crippen LogP contribution in [0.4, 0.5) is 23.2 Å². The van der Waals surface area contributed by atoms with Gasteiger partial charge in [0.1, 0.15) is 11.6 Å². The molecule has 0 bridgehead atoms. The summed E-state index contributed by atoms with van der Waals surface area (Å²) in [5.74, 6) is -2.08. The van der Waals surface area contributed by atoms with Crippen molar-refractivity contribution in [3.8, 4) is 6.07 Å². The van der Waals surface area contributed by atoms with Crippen LogP contribution >= 0.6 is 12.2 Å². The summed E-state index contributed by atoms with van der Waals surface area (Å²) in [6.45, 7) is 3.62. The molecule has 234 valence electrons. The lowest BCUT2D eigenvalue weighted by Crippen LogP contribution is -2.55. The zero-order valence-electron chi connectivity index (χ0n) is 24.6. The Morgan fingerprint density at radius 3 is 2.40 bits per heavy atom. The summed E-state index contributed by atoms with van der Waals surface area (Å²) in [6, 6.07) is 19.9. The van der Waals surface area contributed by atoms with Crippen LogP contribution in [0.15, 0.2) is 85.3 Å². The van der Waals surface area contributed by atoms with Gasteiger partial charge in [-0.1, -0.05) is 56.3 Å². The van der Waals surface area contributed by atoms with E-state index in [9.17, 15) is 22.4 Å². The van der Waals surface area contributed by atoms with Gasteiger partial charge in [0.25, 0.3) is 0 Å². The molecule has 3 aromatic carbocycles. The fourth-order valence-corrected chi connectivity index (χ4v) is 5.44. The maximum absolute atomic E-state index is 14.5. The van der Waals surface area contributed by atoms with E-state index < -0.39 is 29.6 Å². The smallest absolute Gasteiger partial charge is 0.330 e. The van der Waals surface area contributed by atoms with Crippen molar-refractivity contribution in [1.29, 1.82) is 5.26 Å². The lowest BCUT2D eigenvalue weighted by molar-refractivity contribution is -0.138. The fourth-order valence-electron chi connectivity index (χ4n) is 5.15. The number of aromatic nitrogens is 2. The van der Waals surface area contributed by atoms with E-state index in [1.54, 1.807) is 44.6 Å². The van der Waals surface area contributed by atoms with Crippen molar-refractivity contribution in [2.45, 2.75) is 45.7 Å². The summed E-state index contributed by atoms with van der Waals surface area (Å²) >= 11 is 5.59. The molecule has 0 saturated carbocycles. The molecule has 0 radical (unpaired) electrons. The van der Waals surface area contributed by atoms with Gasteiger partial charge in [0, 0.05) is 31.4 Å². The van der Waals surface area contributed by atoms with Crippen LogP contribution in [0, 0.1) is 29.0 Å². The number of nitriles is 1. The number of hydrogen-bond acceptors (Lipinski definition) is 5. The molecule has 2 atom stereocenters. The van der Waals surface area contributed by atoms with E-state index in [1.807, 2.05) is 16.7 Å². The Balaban J connectivity index is 1.63. The van der Waals surface area contributed by atoms with Crippen molar-refractivity contribution in [3.05, 3.63) is 119 Å². The third kappa shape index (κ3) is 8.32. The number of para-hydroxylation sites is 1. The maximum Gasteiger partial charge on any atom is 0.416 e. The van der Waals surface area contributed by atoms with Crippen molar-refractivity contribution in [1.82, 2.24) is 14.5 Å². The number of halogens is 4. The first-order valence-corrected chi connectivity index (χ1v) is 14.5. The number of nitrogens with zero attached hydrogens (tertiary/aromatic N) is 4. The van der Waals surface area contributed by atoms with Crippen LogP contribution in [0.25, 0.3) is 0 Å². The first-order chi connectivity index (χ1) is 21.4. The van der Waals surface area contributed by atoms with Crippen molar-refractivity contribution < 1.29 is 22.4 Å². The largest absolute Gasteiger partial charge is 0.416 e. The van der Waals surface area contributed by atoms with E-state index in [2.05, 4.69) is 16.4 Å². The maximum atomic E-state index is 14.5. The Morgan fingerprint density at radius 2 is 1.76 bits per heavy atom. The number of Topliss-reactive ketones (excluding diaryl/α,β-unsaturated/α-hetero) is 1. The average molecular weight is 637 g/mol. The van der Waals surface area contributed by atoms with E-state index in [-0.39, 0.29) is 41.0 Å². The number of hydrogen-bond donors (Lipinski definition) is 2. The van der Waals surface area contributed by atoms with Crippen LogP contribution in [0.5, 0.6) is 0 Å². The number of ketones is 1. The molecule has 7 nitrogen and oxygen atoms in total. The Hall–Kier alpha value is -4.60. The SMILES string of the molecule is CC(C)[C@H](C(=O)Cc1cncn1Cc1ccc(C#N)cc1)C(N)N(Cc1ccccc1C(F)(F)F)C(=S)Nc1ccccc1F. The minimum Gasteiger partial charge on any atom is -0.330 e. The van der Waals surface area contributed by atoms with Gasteiger partial charge in [-0.3, -0.25) is 4.79 Å². The standard InChI is InChI=1S/C33H32F4N6OS/c1-21(2)30(29(44)15-25-17-40-20-42(25)18-23-13-11-22(16-38)12-14-23)31(39)43(32(45)41-28-10-6-5-9-27(28)34)19-24-7-3-4-8-26(24)33(35,36)37/h3-14,17,20-21,30-31H,15,18-19,39H2,1-2H3,(H,41,45)/t30-,31?/m1/s1. The third-order valence-electron chi connectivity index (χ3n) is 7.45. The van der Waals surface area contributed by atoms with Gasteiger partial charge < -0.3 is 20.5 Å². The number of imidazole rings is 1. The highest BCUT2D eigenvalue weighted by Crippen LogP contribution is 2.33. The normalized spacial score (nSPS) is 12.8. The molecule has 0 aliphatic heterocycles. The zero-order valence-corrected chi connectivity index (χ0v) is 25.4. The molecular formula is C33H32F4N6OS. The zero-order chi connectivity index (χ0) is 32.7. The molecule has 4 aromatic rings. The van der Waals surface area contributed by atoms with Gasteiger partial charge in [-0.05, 0) is 59.6 Å². The average Bonchev–Trinajstić information content (AvgIpc) is 3.42. The van der Waals surface area contributed by atoms with Gasteiger partial charge in [0.2, 0.25) is 0 Å². The van der Waals surface area contributed by atoms with Crippen molar-refractivity contribution in [2.75, 3.05) is 5.32 Å². The number of anilines is 1. The second-order valence-corrected chi connectivity index (χ2v) is 11.3. The molecular weight excluding hydrogens is 604 g/mol. The Morgan fingerprint density at radius 1 is 1.09 bits per heavy atom. The topological polar surface area (TPSA) is 100.0 Å². The monoisotopic (exact) mass is 636 g/mol. The molecule has 0 fully saturated rings. The molecule has 0 spiro atoms. The van der Waals surface area contributed by atoms with Crippen LogP contribution in [0.3, 0.4) is 0 Å². The molecule has 12 heteroatoms. The minimum atomic E-state index is -4.65. The summed E-state index contributed by atoms with van der Waals surface area (Å²) in [7, 11) is 0. The molecule has 4 rings (SSSR count). The molecule has 0 saturated heterocycles. The number of carbonyl (C=O) groups is 1. The first kappa shape index (κ1) is 33.3. The van der Waals surface area contributed by atoms with Gasteiger partial charge in [0.05, 0.1) is 41.3 Å². The lowest BCUT2D eigenvalue weighted by atomic mass is 9.86. The molecule has 0 aliphatic carbocycles. The number of rotatable bonds is 11. The summed E-state index contributed by atoms with van der Waals surface area (Å²) in [4.78, 5) is 19.4. The highest BCUT2D eigenvalue weighted by molar-refractivity contribution is 7.80. The lowest BCUT2D eigenvalue weighted by Gasteiger charge is -2.38. The Bertz CT molecular complexity index is 1680. The minimum absolute atomic E-state index is 0.0166. The van der Waals surface area contributed by atoms with E-state index in [4.69, 9.17) is 23.2 Å². The summed E-state index contributed by atoms with van der Waals surface area (Å²) in [5.41, 5.74) is 7.82. The summed E-state index contributed by atoms with van der Waals surface area (Å²) < 4.78 is 58.1. The highest BCUT2D eigenvalue weighted by Gasteiger charge is 2.37. The van der Waals surface area contributed by atoms with Crippen LogP contribution in [0.2, 0.25) is 0 Å². The third-order valence-corrected chi connectivity index (χ3v) is 7.78. The molecule has 3 N–H and O–H groups in total. The van der Waals surface area contributed by atoms with E-state index in [1.165, 1.54) is 41.3 Å². The number of benzene rings is 3. The number of thiocarbonyl (C=S) groups is 1. The van der Waals surface area contributed by atoms with Gasteiger partial charge >= 0.3 is 6.18 Å². The van der Waals surface area contributed by atoms with Gasteiger partial charge in [-0.15, -0.1) is 0 Å². The van der Waals surface area contributed by atoms with Crippen molar-refractivity contribution in [2.24, 2.45) is 17.6 Å². The molecule has 1 heterocycles. The van der Waals surface area contributed by atoms with Crippen LogP contribution in [0.1, 0.15) is 41.8 Å². The molecule has 0 aliphatic rings. The predicted octanol–water partition coefficient (Wildman–Crippen LogP) is 6.53. The molecule has 45 heavy (non-hydrogen) atoms. The Kier molecular flexibility index (Phi) is 10.7. The molecule has 0 amide bonds. The number of carbonyl (C=O) groups excluding carboxylic acids is 1. The summed E-state index contributed by atoms with van der Waals surface area (Å²) in [6.07, 6.45) is -2.69. The first-order valence-electron chi connectivity index (χ1n) is 14.1. The van der Waals surface area contributed by atoms with Crippen LogP contribution in [-0.2, 0) is 30.5 Å². The van der Waals surface area contributed by atoms with Gasteiger partial charge in [-0.2, -0.15) is 18.4 Å². The highest BCUT2D eigenvalue weighted by atomic mass is 32.1. The van der Waals surface area contributed by atoms with Gasteiger partial charge in [-0.25, -0.2) is 9.37 Å². The van der Waals surface area contributed by atoms with E-state index in [0.29, 0.717) is 17.8 Å². The quantitative estimate of drug-likeness (QED) is 0.110. The van der Waals surface area contributed by atoms with Gasteiger partial charge in [0.15, 0.2) is 5.11 Å². The van der Waals surface area contributed by atoms with Crippen LogP contribution in [-0.4, -0.2) is 31.5 Å². The predicted molar refractivity (Wildman–Crippen MR) is 167 cm³/mol. The summed E-state index contributed by atoms with van der Waals surface area (Å²) in [5, 5.41) is 11.7. The van der Waals surface area contributed by atoms with Crippen LogP contribution < -0.4 is 11.1 Å². The van der Waals surface area contributed by atoms with Crippen molar-refractivity contribution in [3.63, 3.8) is 0 Å². The number of nitrogens with one attached hydrogen (secondary N) is 1. The Labute approximate surface area is 264 Å². The second-order valence-electron chi connectivity index (χ2n) is 10.9. The number of nitrogens with two attached hydrogens (primary N) is 1. The van der Waals surface area contributed by atoms with E-state index >= 15 is 0 Å². The second kappa shape index (κ2) is 14.5. The van der Waals surface area contributed by atoms with E-state index in [0.717, 1.165) is 11.6 Å². The fraction of sp³-hybridized carbons (Fsp3) is 0.273.